The van der Waals surface area contributed by atoms with Gasteiger partial charge in [-0.05, 0) is 72.9 Å². The van der Waals surface area contributed by atoms with Gasteiger partial charge < -0.3 is 9.67 Å². The molecule has 5 heteroatoms. The van der Waals surface area contributed by atoms with Crippen LogP contribution in [0.4, 0.5) is 0 Å². The van der Waals surface area contributed by atoms with Crippen molar-refractivity contribution in [2.75, 3.05) is 0 Å². The topological polar surface area (TPSA) is 68.0 Å². The molecule has 0 aliphatic heterocycles. The van der Waals surface area contributed by atoms with E-state index in [4.69, 9.17) is 9.97 Å². The highest BCUT2D eigenvalue weighted by Crippen LogP contribution is 2.38. The van der Waals surface area contributed by atoms with Crippen molar-refractivity contribution in [3.05, 3.63) is 108 Å². The molecule has 1 saturated carbocycles. The van der Waals surface area contributed by atoms with Crippen molar-refractivity contribution in [2.24, 2.45) is 0 Å². The zero-order chi connectivity index (χ0) is 27.9. The fraction of sp³-hybridized carbons (Fsp3) is 0.194. The average molecular weight is 538 g/mol. The van der Waals surface area contributed by atoms with E-state index in [9.17, 15) is 9.90 Å². The summed E-state index contributed by atoms with van der Waals surface area (Å²) in [6.45, 7) is 2.11. The fourth-order valence-corrected chi connectivity index (χ4v) is 6.41. The second kappa shape index (κ2) is 10.3. The van der Waals surface area contributed by atoms with Gasteiger partial charge >= 0.3 is 5.97 Å². The molecule has 0 amide bonds. The van der Waals surface area contributed by atoms with Crippen molar-refractivity contribution < 1.29 is 9.90 Å². The van der Waals surface area contributed by atoms with Crippen molar-refractivity contribution >= 4 is 27.9 Å². The fourth-order valence-electron chi connectivity index (χ4n) is 6.41. The van der Waals surface area contributed by atoms with Crippen LogP contribution in [0.15, 0.2) is 97.1 Å². The van der Waals surface area contributed by atoms with Crippen LogP contribution in [-0.4, -0.2) is 25.6 Å². The molecule has 5 nitrogen and oxygen atoms in total. The van der Waals surface area contributed by atoms with Crippen LogP contribution in [0.2, 0.25) is 0 Å². The van der Waals surface area contributed by atoms with E-state index in [2.05, 4.69) is 84.3 Å². The lowest BCUT2D eigenvalue weighted by Gasteiger charge is -2.26. The number of carboxylic acid groups (broad SMARTS) is 1. The SMILES string of the molecule is Cc1cc(-c2nc3cc(C(=O)O)ccc3n2C2CCCCC2)cc2ccc(-c3ccccc3-c3ccccc3)nc12. The number of aryl methyl sites for hydroxylation is 1. The van der Waals surface area contributed by atoms with E-state index in [1.54, 1.807) is 12.1 Å². The molecule has 0 spiro atoms. The Kier molecular flexibility index (Phi) is 6.35. The minimum Gasteiger partial charge on any atom is -0.478 e. The van der Waals surface area contributed by atoms with E-state index < -0.39 is 5.97 Å². The lowest BCUT2D eigenvalue weighted by Crippen LogP contribution is -2.14. The van der Waals surface area contributed by atoms with Crippen LogP contribution in [0.5, 0.6) is 0 Å². The van der Waals surface area contributed by atoms with Crippen LogP contribution in [-0.2, 0) is 0 Å². The number of aromatic nitrogens is 3. The summed E-state index contributed by atoms with van der Waals surface area (Å²) >= 11 is 0. The summed E-state index contributed by atoms with van der Waals surface area (Å²) in [5.74, 6) is -0.0316. The van der Waals surface area contributed by atoms with Gasteiger partial charge in [-0.25, -0.2) is 14.8 Å². The van der Waals surface area contributed by atoms with Crippen molar-refractivity contribution in [1.29, 1.82) is 0 Å². The molecule has 0 radical (unpaired) electrons. The summed E-state index contributed by atoms with van der Waals surface area (Å²) in [5.41, 5.74) is 9.48. The first-order valence-corrected chi connectivity index (χ1v) is 14.4. The van der Waals surface area contributed by atoms with Gasteiger partial charge in [0, 0.05) is 22.6 Å². The Morgan fingerprint density at radius 3 is 2.32 bits per heavy atom. The number of rotatable bonds is 5. The molecule has 2 heterocycles. The highest BCUT2D eigenvalue weighted by atomic mass is 16.4. The number of fused-ring (bicyclic) bond motifs is 2. The number of hydrogen-bond donors (Lipinski definition) is 1. The monoisotopic (exact) mass is 537 g/mol. The van der Waals surface area contributed by atoms with E-state index in [1.165, 1.54) is 24.8 Å². The third-order valence-corrected chi connectivity index (χ3v) is 8.41. The average Bonchev–Trinajstić information content (AvgIpc) is 3.41. The lowest BCUT2D eigenvalue weighted by atomic mass is 9.94. The predicted octanol–water partition coefficient (Wildman–Crippen LogP) is 9.10. The van der Waals surface area contributed by atoms with Crippen LogP contribution in [0.25, 0.3) is 55.7 Å². The number of aromatic carboxylic acids is 1. The third kappa shape index (κ3) is 4.57. The molecule has 0 bridgehead atoms. The Morgan fingerprint density at radius 2 is 1.54 bits per heavy atom. The molecule has 6 aromatic rings. The first-order chi connectivity index (χ1) is 20.1. The summed E-state index contributed by atoms with van der Waals surface area (Å²) in [4.78, 5) is 21.9. The standard InChI is InChI=1S/C36H31N3O2/c1-23-20-27(35-38-32-22-26(36(40)41)17-19-33(32)39(35)28-12-6-3-7-13-28)21-25-16-18-31(37-34(23)25)30-15-9-8-14-29(30)24-10-4-2-5-11-24/h2,4-5,8-11,14-22,28H,3,6-7,12-13H2,1H3,(H,40,41). The molecule has 0 saturated heterocycles. The van der Waals surface area contributed by atoms with Crippen LogP contribution in [0, 0.1) is 6.92 Å². The molecule has 0 atom stereocenters. The maximum atomic E-state index is 11.7. The largest absolute Gasteiger partial charge is 0.478 e. The van der Waals surface area contributed by atoms with Gasteiger partial charge in [-0.3, -0.25) is 0 Å². The molecule has 202 valence electrons. The maximum absolute atomic E-state index is 11.7. The Bertz CT molecular complexity index is 1920. The molecular formula is C36H31N3O2. The highest BCUT2D eigenvalue weighted by Gasteiger charge is 2.23. The molecular weight excluding hydrogens is 506 g/mol. The van der Waals surface area contributed by atoms with E-state index >= 15 is 0 Å². The molecule has 1 aliphatic carbocycles. The maximum Gasteiger partial charge on any atom is 0.335 e. The lowest BCUT2D eigenvalue weighted by molar-refractivity contribution is 0.0697. The van der Waals surface area contributed by atoms with Gasteiger partial charge in [-0.15, -0.1) is 0 Å². The van der Waals surface area contributed by atoms with Crippen LogP contribution < -0.4 is 0 Å². The van der Waals surface area contributed by atoms with Crippen molar-refractivity contribution in [2.45, 2.75) is 45.1 Å². The molecule has 2 aromatic heterocycles. The molecule has 1 N–H and O–H groups in total. The van der Waals surface area contributed by atoms with E-state index in [1.807, 2.05) is 12.1 Å². The zero-order valence-corrected chi connectivity index (χ0v) is 23.0. The number of carbonyl (C=O) groups is 1. The predicted molar refractivity (Wildman–Crippen MR) is 165 cm³/mol. The quantitative estimate of drug-likeness (QED) is 0.238. The van der Waals surface area contributed by atoms with Crippen LogP contribution >= 0.6 is 0 Å². The number of benzene rings is 4. The third-order valence-electron chi connectivity index (χ3n) is 8.41. The Morgan fingerprint density at radius 1 is 0.780 bits per heavy atom. The van der Waals surface area contributed by atoms with Crippen LogP contribution in [0.3, 0.4) is 0 Å². The first kappa shape index (κ1) is 25.2. The van der Waals surface area contributed by atoms with Crippen LogP contribution in [0.1, 0.15) is 54.1 Å². The number of pyridine rings is 1. The number of imidazole rings is 1. The Labute approximate surface area is 239 Å². The van der Waals surface area contributed by atoms with Crippen molar-refractivity contribution in [3.8, 4) is 33.8 Å². The van der Waals surface area contributed by atoms with Gasteiger partial charge in [0.15, 0.2) is 0 Å². The molecule has 7 rings (SSSR count). The van der Waals surface area contributed by atoms with Gasteiger partial charge in [0.1, 0.15) is 5.82 Å². The second-order valence-electron chi connectivity index (χ2n) is 11.1. The van der Waals surface area contributed by atoms with E-state index in [0.29, 0.717) is 6.04 Å². The van der Waals surface area contributed by atoms with Gasteiger partial charge in [0.25, 0.3) is 0 Å². The van der Waals surface area contributed by atoms with Gasteiger partial charge in [-0.2, -0.15) is 0 Å². The second-order valence-corrected chi connectivity index (χ2v) is 11.1. The molecule has 41 heavy (non-hydrogen) atoms. The summed E-state index contributed by atoms with van der Waals surface area (Å²) in [6, 6.07) is 33.2. The molecule has 4 aromatic carbocycles. The normalized spacial score (nSPS) is 14.1. The number of carboxylic acids is 1. The molecule has 1 fully saturated rings. The van der Waals surface area contributed by atoms with Crippen molar-refractivity contribution in [3.63, 3.8) is 0 Å². The summed E-state index contributed by atoms with van der Waals surface area (Å²) in [7, 11) is 0. The zero-order valence-electron chi connectivity index (χ0n) is 23.0. The first-order valence-electron chi connectivity index (χ1n) is 14.4. The number of nitrogens with zero attached hydrogens (tertiary/aromatic N) is 3. The highest BCUT2D eigenvalue weighted by molar-refractivity contribution is 5.95. The minimum atomic E-state index is -0.932. The van der Waals surface area contributed by atoms with Gasteiger partial charge in [0.05, 0.1) is 27.8 Å². The molecule has 1 aliphatic rings. The number of hydrogen-bond acceptors (Lipinski definition) is 3. The van der Waals surface area contributed by atoms with E-state index in [-0.39, 0.29) is 5.56 Å². The molecule has 0 unspecified atom stereocenters. The summed E-state index contributed by atoms with van der Waals surface area (Å²) in [5, 5.41) is 10.7. The van der Waals surface area contributed by atoms with Gasteiger partial charge in [0.2, 0.25) is 0 Å². The van der Waals surface area contributed by atoms with Gasteiger partial charge in [-0.1, -0.05) is 79.9 Å². The Balaban J connectivity index is 1.36. The Hall–Kier alpha value is -4.77. The van der Waals surface area contributed by atoms with Crippen molar-refractivity contribution in [1.82, 2.24) is 14.5 Å². The summed E-state index contributed by atoms with van der Waals surface area (Å²) in [6.07, 6.45) is 5.88. The summed E-state index contributed by atoms with van der Waals surface area (Å²) < 4.78 is 2.36. The minimum absolute atomic E-state index is 0.263. The van der Waals surface area contributed by atoms with E-state index in [0.717, 1.165) is 68.6 Å². The smallest absolute Gasteiger partial charge is 0.335 e.